The molecular weight excluding hydrogens is 313 g/mol. The molecule has 1 aromatic rings. The molecule has 0 saturated carbocycles. The van der Waals surface area contributed by atoms with Gasteiger partial charge in [-0.2, -0.15) is 0 Å². The van der Waals surface area contributed by atoms with E-state index in [9.17, 15) is 4.79 Å². The van der Waals surface area contributed by atoms with E-state index in [1.54, 1.807) is 0 Å². The fourth-order valence-electron chi connectivity index (χ4n) is 2.39. The van der Waals surface area contributed by atoms with Gasteiger partial charge in [0.2, 0.25) is 0 Å². The first-order valence-corrected chi connectivity index (χ1v) is 9.14. The van der Waals surface area contributed by atoms with Crippen molar-refractivity contribution in [2.45, 2.75) is 37.5 Å². The van der Waals surface area contributed by atoms with Gasteiger partial charge in [-0.25, -0.2) is 0 Å². The van der Waals surface area contributed by atoms with Crippen molar-refractivity contribution in [3.63, 3.8) is 0 Å². The summed E-state index contributed by atoms with van der Waals surface area (Å²) in [6.07, 6.45) is 3.39. The molecule has 0 radical (unpaired) electrons. The Kier molecular flexibility index (Phi) is 4.85. The molecule has 2 rings (SSSR count). The van der Waals surface area contributed by atoms with E-state index in [0.717, 1.165) is 18.3 Å². The molecule has 0 bridgehead atoms. The minimum absolute atomic E-state index is 0.209. The molecule has 0 aromatic heterocycles. The minimum atomic E-state index is -0.221. The number of piperidine rings is 1. The summed E-state index contributed by atoms with van der Waals surface area (Å²) < 4.78 is 1.41. The van der Waals surface area contributed by atoms with Gasteiger partial charge in [-0.15, -0.1) is 0 Å². The Balaban J connectivity index is 1.89. The second-order valence-electron chi connectivity index (χ2n) is 6.05. The van der Waals surface area contributed by atoms with Gasteiger partial charge in [0.15, 0.2) is 0 Å². The molecule has 1 saturated heterocycles. The van der Waals surface area contributed by atoms with E-state index in [1.807, 2.05) is 19.1 Å². The quantitative estimate of drug-likeness (QED) is 0.661. The Hall–Kier alpha value is -0.891. The molecule has 1 aliphatic rings. The van der Waals surface area contributed by atoms with E-state index in [1.165, 1.54) is 4.46 Å². The normalized spacial score (nSPS) is 30.2. The van der Waals surface area contributed by atoms with Gasteiger partial charge in [0.05, 0.1) is 0 Å². The molecule has 1 heterocycles. The summed E-state index contributed by atoms with van der Waals surface area (Å²) in [4.78, 5) is 12.5. The Morgan fingerprint density at radius 3 is 2.65 bits per heavy atom. The summed E-state index contributed by atoms with van der Waals surface area (Å²) in [5.41, 5.74) is -0.430. The van der Waals surface area contributed by atoms with Crippen LogP contribution in [0.4, 0.5) is 0 Å². The van der Waals surface area contributed by atoms with Gasteiger partial charge in [0.25, 0.3) is 0 Å². The molecule has 1 fully saturated rings. The van der Waals surface area contributed by atoms with E-state index in [4.69, 9.17) is 0 Å². The molecular formula is C17H23NOSe. The van der Waals surface area contributed by atoms with E-state index in [0.29, 0.717) is 27.2 Å². The SMILES string of the molecule is C=CC1(C)CC(=O)C(C)(CC[Se]c2ccccc2)CN1. The zero-order valence-corrected chi connectivity index (χ0v) is 14.0. The van der Waals surface area contributed by atoms with Crippen molar-refractivity contribution >= 4 is 25.2 Å². The molecule has 2 unspecified atom stereocenters. The van der Waals surface area contributed by atoms with Crippen molar-refractivity contribution in [2.75, 3.05) is 6.54 Å². The Morgan fingerprint density at radius 1 is 1.35 bits per heavy atom. The van der Waals surface area contributed by atoms with E-state index >= 15 is 0 Å². The number of benzene rings is 1. The number of hydrogen-bond donors (Lipinski definition) is 1. The predicted molar refractivity (Wildman–Crippen MR) is 85.6 cm³/mol. The Morgan fingerprint density at radius 2 is 2.05 bits per heavy atom. The van der Waals surface area contributed by atoms with Gasteiger partial charge in [0, 0.05) is 0 Å². The van der Waals surface area contributed by atoms with Crippen LogP contribution in [0.2, 0.25) is 5.32 Å². The predicted octanol–water partition coefficient (Wildman–Crippen LogP) is 2.34. The fraction of sp³-hybridized carbons (Fsp3) is 0.471. The van der Waals surface area contributed by atoms with Crippen LogP contribution in [0.1, 0.15) is 26.7 Å². The summed E-state index contributed by atoms with van der Waals surface area (Å²) in [6.45, 7) is 8.74. The van der Waals surface area contributed by atoms with Crippen LogP contribution in [0.15, 0.2) is 43.0 Å². The van der Waals surface area contributed by atoms with Crippen molar-refractivity contribution in [3.8, 4) is 0 Å². The average Bonchev–Trinajstić information content (AvgIpc) is 2.45. The summed E-state index contributed by atoms with van der Waals surface area (Å²) >= 11 is 0.462. The van der Waals surface area contributed by atoms with Crippen molar-refractivity contribution in [3.05, 3.63) is 43.0 Å². The van der Waals surface area contributed by atoms with E-state index in [2.05, 4.69) is 43.1 Å². The molecule has 20 heavy (non-hydrogen) atoms. The maximum absolute atomic E-state index is 12.5. The van der Waals surface area contributed by atoms with Gasteiger partial charge < -0.3 is 0 Å². The molecule has 3 heteroatoms. The van der Waals surface area contributed by atoms with Crippen LogP contribution < -0.4 is 9.78 Å². The first kappa shape index (κ1) is 15.5. The molecule has 1 N–H and O–H groups in total. The summed E-state index contributed by atoms with van der Waals surface area (Å²) in [7, 11) is 0. The molecule has 1 aliphatic heterocycles. The molecule has 0 amide bonds. The third-order valence-electron chi connectivity index (χ3n) is 4.20. The van der Waals surface area contributed by atoms with Crippen molar-refractivity contribution < 1.29 is 4.79 Å². The maximum atomic E-state index is 12.5. The third-order valence-corrected chi connectivity index (χ3v) is 6.33. The number of nitrogens with one attached hydrogen (secondary N) is 1. The van der Waals surface area contributed by atoms with Crippen LogP contribution in [0.5, 0.6) is 0 Å². The van der Waals surface area contributed by atoms with Gasteiger partial charge in [-0.05, 0) is 0 Å². The molecule has 0 aliphatic carbocycles. The van der Waals surface area contributed by atoms with Crippen LogP contribution in [-0.4, -0.2) is 32.8 Å². The molecule has 2 nitrogen and oxygen atoms in total. The zero-order chi connectivity index (χ0) is 14.6. The summed E-state index contributed by atoms with van der Waals surface area (Å²) in [5, 5.41) is 4.60. The van der Waals surface area contributed by atoms with Gasteiger partial charge in [-0.3, -0.25) is 0 Å². The van der Waals surface area contributed by atoms with Crippen LogP contribution in [-0.2, 0) is 4.79 Å². The molecule has 2 atom stereocenters. The second-order valence-corrected chi connectivity index (χ2v) is 8.50. The summed E-state index contributed by atoms with van der Waals surface area (Å²) in [5.74, 6) is 0.377. The Bertz CT molecular complexity index is 487. The number of hydrogen-bond acceptors (Lipinski definition) is 2. The van der Waals surface area contributed by atoms with Gasteiger partial charge in [0.1, 0.15) is 0 Å². The standard InChI is InChI=1S/C17H23NOSe/c1-4-17(3)12-15(19)16(2,13-18-17)10-11-20-14-8-6-5-7-9-14/h4-9,18H,1,10-13H2,2-3H3. The zero-order valence-electron chi connectivity index (χ0n) is 12.3. The molecule has 1 aromatic carbocycles. The number of Topliss-reactive ketones (excluding diaryl/α,β-unsaturated/α-hetero) is 1. The first-order valence-electron chi connectivity index (χ1n) is 7.07. The van der Waals surface area contributed by atoms with Gasteiger partial charge in [-0.1, -0.05) is 0 Å². The Labute approximate surface area is 128 Å². The number of carbonyl (C=O) groups is 1. The third kappa shape index (κ3) is 3.60. The topological polar surface area (TPSA) is 29.1 Å². The second kappa shape index (κ2) is 6.26. The van der Waals surface area contributed by atoms with Crippen LogP contribution >= 0.6 is 0 Å². The summed E-state index contributed by atoms with van der Waals surface area (Å²) in [6, 6.07) is 10.6. The number of carbonyl (C=O) groups excluding carboxylic acids is 1. The van der Waals surface area contributed by atoms with Crippen molar-refractivity contribution in [1.29, 1.82) is 0 Å². The van der Waals surface area contributed by atoms with Crippen molar-refractivity contribution in [2.24, 2.45) is 5.41 Å². The average molecular weight is 336 g/mol. The monoisotopic (exact) mass is 337 g/mol. The fourth-order valence-corrected chi connectivity index (χ4v) is 4.78. The molecule has 108 valence electrons. The van der Waals surface area contributed by atoms with Crippen LogP contribution in [0.25, 0.3) is 0 Å². The van der Waals surface area contributed by atoms with Crippen molar-refractivity contribution in [1.82, 2.24) is 5.32 Å². The van der Waals surface area contributed by atoms with Crippen LogP contribution in [0.3, 0.4) is 0 Å². The van der Waals surface area contributed by atoms with E-state index < -0.39 is 0 Å². The van der Waals surface area contributed by atoms with E-state index in [-0.39, 0.29) is 11.0 Å². The first-order chi connectivity index (χ1) is 9.47. The number of ketones is 1. The number of rotatable bonds is 5. The van der Waals surface area contributed by atoms with Gasteiger partial charge >= 0.3 is 128 Å². The molecule has 0 spiro atoms. The van der Waals surface area contributed by atoms with Crippen LogP contribution in [0, 0.1) is 5.41 Å².